The summed E-state index contributed by atoms with van der Waals surface area (Å²) in [7, 11) is 1.72. The van der Waals surface area contributed by atoms with Crippen LogP contribution >= 0.6 is 27.3 Å². The van der Waals surface area contributed by atoms with Crippen LogP contribution in [0, 0.1) is 13.8 Å². The number of carbonyl (C=O) groups excluding carboxylic acids is 2. The number of nitrogens with two attached hydrogens (primary N) is 1. The van der Waals surface area contributed by atoms with E-state index in [4.69, 9.17) is 5.73 Å². The molecule has 4 heterocycles. The van der Waals surface area contributed by atoms with Crippen LogP contribution in [0.15, 0.2) is 22.9 Å². The SMILES string of the molecule is Cc1c(-c2cc(C(F)F)nc3sc(C(N)=O)c(NC(=O)C(C)n4ncc(Br)c4C)c23)cnn1C. The molecule has 4 aromatic heterocycles. The maximum absolute atomic E-state index is 13.7. The Labute approximate surface area is 205 Å². The van der Waals surface area contributed by atoms with Crippen molar-refractivity contribution < 1.29 is 18.4 Å². The number of aromatic nitrogens is 5. The van der Waals surface area contributed by atoms with Crippen molar-refractivity contribution in [1.29, 1.82) is 0 Å². The number of thiophene rings is 1. The van der Waals surface area contributed by atoms with E-state index >= 15 is 0 Å². The quantitative estimate of drug-likeness (QED) is 0.365. The van der Waals surface area contributed by atoms with Crippen LogP contribution < -0.4 is 11.1 Å². The van der Waals surface area contributed by atoms with Crippen molar-refractivity contribution in [2.75, 3.05) is 5.32 Å². The van der Waals surface area contributed by atoms with Gasteiger partial charge in [0.1, 0.15) is 21.4 Å². The fourth-order valence-corrected chi connectivity index (χ4v) is 4.92. The first kappa shape index (κ1) is 24.0. The second-order valence-electron chi connectivity index (χ2n) is 7.70. The van der Waals surface area contributed by atoms with Crippen molar-refractivity contribution in [2.45, 2.75) is 33.2 Å². The van der Waals surface area contributed by atoms with Gasteiger partial charge in [-0.2, -0.15) is 10.2 Å². The number of halogens is 3. The average Bonchev–Trinajstić information content (AvgIpc) is 3.43. The topological polar surface area (TPSA) is 121 Å². The van der Waals surface area contributed by atoms with Crippen LogP contribution in [0.1, 0.15) is 46.1 Å². The first-order chi connectivity index (χ1) is 16.0. The number of amides is 2. The third-order valence-electron chi connectivity index (χ3n) is 5.63. The van der Waals surface area contributed by atoms with E-state index in [9.17, 15) is 18.4 Å². The van der Waals surface area contributed by atoms with Gasteiger partial charge in [-0.15, -0.1) is 11.3 Å². The van der Waals surface area contributed by atoms with Gasteiger partial charge in [-0.25, -0.2) is 13.8 Å². The number of anilines is 1. The Morgan fingerprint density at radius 2 is 1.88 bits per heavy atom. The monoisotopic (exact) mass is 551 g/mol. The van der Waals surface area contributed by atoms with Gasteiger partial charge in [0.05, 0.1) is 28.2 Å². The minimum atomic E-state index is -2.83. The number of nitrogens with zero attached hydrogens (tertiary/aromatic N) is 5. The minimum absolute atomic E-state index is 0.00984. The van der Waals surface area contributed by atoms with Crippen LogP contribution in [0.25, 0.3) is 21.3 Å². The van der Waals surface area contributed by atoms with E-state index in [0.717, 1.165) is 21.5 Å². The number of carbonyl (C=O) groups is 2. The molecule has 4 rings (SSSR count). The van der Waals surface area contributed by atoms with E-state index in [1.807, 2.05) is 0 Å². The van der Waals surface area contributed by atoms with E-state index < -0.39 is 30.0 Å². The predicted octanol–water partition coefficient (Wildman–Crippen LogP) is 4.51. The molecule has 0 aliphatic heterocycles. The van der Waals surface area contributed by atoms with Crippen molar-refractivity contribution >= 4 is 55.0 Å². The summed E-state index contributed by atoms with van der Waals surface area (Å²) >= 11 is 4.22. The summed E-state index contributed by atoms with van der Waals surface area (Å²) in [5.41, 5.74) is 7.66. The summed E-state index contributed by atoms with van der Waals surface area (Å²) in [4.78, 5) is 29.7. The molecule has 13 heteroatoms. The molecule has 0 radical (unpaired) electrons. The molecule has 2 amide bonds. The number of fused-ring (bicyclic) bond motifs is 1. The van der Waals surface area contributed by atoms with Gasteiger partial charge < -0.3 is 11.1 Å². The number of nitrogens with one attached hydrogen (secondary N) is 1. The highest BCUT2D eigenvalue weighted by Gasteiger charge is 2.28. The third kappa shape index (κ3) is 3.98. The van der Waals surface area contributed by atoms with E-state index in [2.05, 4.69) is 36.4 Å². The van der Waals surface area contributed by atoms with Gasteiger partial charge >= 0.3 is 0 Å². The highest BCUT2D eigenvalue weighted by molar-refractivity contribution is 9.10. The predicted molar refractivity (Wildman–Crippen MR) is 128 cm³/mol. The lowest BCUT2D eigenvalue weighted by atomic mass is 10.0. The summed E-state index contributed by atoms with van der Waals surface area (Å²) in [6.45, 7) is 5.24. The van der Waals surface area contributed by atoms with Crippen LogP contribution in [-0.4, -0.2) is 36.4 Å². The van der Waals surface area contributed by atoms with Gasteiger partial charge in [-0.3, -0.25) is 19.0 Å². The smallest absolute Gasteiger partial charge is 0.280 e. The molecule has 9 nitrogen and oxygen atoms in total. The molecule has 0 aliphatic rings. The lowest BCUT2D eigenvalue weighted by molar-refractivity contribution is -0.119. The maximum atomic E-state index is 13.7. The summed E-state index contributed by atoms with van der Waals surface area (Å²) in [5.74, 6) is -1.27. The second kappa shape index (κ2) is 8.87. The standard InChI is InChI=1S/C21H20BrF2N7O2S/c1-8-12(6-26-30(8)4)11-5-14(18(23)24)28-21-15(11)16(17(34-21)19(25)32)29-20(33)10(3)31-9(2)13(22)7-27-31/h5-7,10,18H,1-4H3,(H2,25,32)(H,29,33). The van der Waals surface area contributed by atoms with E-state index in [0.29, 0.717) is 22.2 Å². The highest BCUT2D eigenvalue weighted by atomic mass is 79.9. The van der Waals surface area contributed by atoms with Gasteiger partial charge in [-0.1, -0.05) is 0 Å². The molecular formula is C21H20BrF2N7O2S. The Kier molecular flexibility index (Phi) is 6.25. The number of alkyl halides is 2. The third-order valence-corrected chi connectivity index (χ3v) is 7.51. The zero-order chi connectivity index (χ0) is 24.9. The summed E-state index contributed by atoms with van der Waals surface area (Å²) in [6.07, 6.45) is 0.283. The summed E-state index contributed by atoms with van der Waals surface area (Å²) in [6, 6.07) is 0.515. The fraction of sp³-hybridized carbons (Fsp3) is 0.286. The number of pyridine rings is 1. The van der Waals surface area contributed by atoms with Gasteiger partial charge in [-0.05, 0) is 48.3 Å². The number of rotatable bonds is 6. The Morgan fingerprint density at radius 3 is 2.41 bits per heavy atom. The van der Waals surface area contributed by atoms with Crippen molar-refractivity contribution in [1.82, 2.24) is 24.5 Å². The number of hydrogen-bond donors (Lipinski definition) is 2. The number of primary amides is 1. The molecule has 34 heavy (non-hydrogen) atoms. The Bertz CT molecular complexity index is 1440. The largest absolute Gasteiger partial charge is 0.365 e. The molecule has 0 spiro atoms. The molecule has 0 fully saturated rings. The number of aryl methyl sites for hydroxylation is 1. The Balaban J connectivity index is 1.92. The molecule has 178 valence electrons. The average molecular weight is 552 g/mol. The molecule has 0 bridgehead atoms. The van der Waals surface area contributed by atoms with Crippen LogP contribution in [0.3, 0.4) is 0 Å². The van der Waals surface area contributed by atoms with Crippen LogP contribution in [0.5, 0.6) is 0 Å². The molecule has 3 N–H and O–H groups in total. The van der Waals surface area contributed by atoms with Gasteiger partial charge in [0.25, 0.3) is 12.3 Å². The molecule has 0 saturated heterocycles. The zero-order valence-electron chi connectivity index (χ0n) is 18.6. The lowest BCUT2D eigenvalue weighted by Crippen LogP contribution is -2.26. The van der Waals surface area contributed by atoms with Gasteiger partial charge in [0.2, 0.25) is 5.91 Å². The summed E-state index contributed by atoms with van der Waals surface area (Å²) in [5, 5.41) is 11.5. The van der Waals surface area contributed by atoms with E-state index in [1.54, 1.807) is 44.9 Å². The van der Waals surface area contributed by atoms with Crippen LogP contribution in [-0.2, 0) is 11.8 Å². The molecule has 1 atom stereocenters. The minimum Gasteiger partial charge on any atom is -0.365 e. The van der Waals surface area contributed by atoms with Crippen molar-refractivity contribution in [3.8, 4) is 11.1 Å². The van der Waals surface area contributed by atoms with E-state index in [1.165, 1.54) is 10.7 Å². The zero-order valence-corrected chi connectivity index (χ0v) is 21.0. The van der Waals surface area contributed by atoms with Gasteiger partial charge in [0, 0.05) is 23.7 Å². The summed E-state index contributed by atoms with van der Waals surface area (Å²) < 4.78 is 31.2. The second-order valence-corrected chi connectivity index (χ2v) is 9.55. The highest BCUT2D eigenvalue weighted by Crippen LogP contribution is 2.43. The molecule has 0 saturated carbocycles. The molecule has 4 aromatic rings. The van der Waals surface area contributed by atoms with Crippen LogP contribution in [0.2, 0.25) is 0 Å². The van der Waals surface area contributed by atoms with Crippen molar-refractivity contribution in [2.24, 2.45) is 12.8 Å². The molecule has 0 aromatic carbocycles. The van der Waals surface area contributed by atoms with E-state index in [-0.39, 0.29) is 15.4 Å². The number of hydrogen-bond acceptors (Lipinski definition) is 6. The van der Waals surface area contributed by atoms with Crippen molar-refractivity contribution in [3.63, 3.8) is 0 Å². The first-order valence-electron chi connectivity index (χ1n) is 10.1. The Hall–Kier alpha value is -3.19. The van der Waals surface area contributed by atoms with Crippen molar-refractivity contribution in [3.05, 3.63) is 44.9 Å². The Morgan fingerprint density at radius 1 is 1.18 bits per heavy atom. The molecule has 0 aliphatic carbocycles. The van der Waals surface area contributed by atoms with Crippen LogP contribution in [0.4, 0.5) is 14.5 Å². The fourth-order valence-electron chi connectivity index (χ4n) is 3.63. The maximum Gasteiger partial charge on any atom is 0.280 e. The van der Waals surface area contributed by atoms with Gasteiger partial charge in [0.15, 0.2) is 0 Å². The normalized spacial score (nSPS) is 12.5. The molecule has 1 unspecified atom stereocenters. The first-order valence-corrected chi connectivity index (χ1v) is 11.7. The lowest BCUT2D eigenvalue weighted by Gasteiger charge is -2.16. The molecular weight excluding hydrogens is 532 g/mol.